The largest absolute Gasteiger partial charge is 0.350 e. The zero-order chi connectivity index (χ0) is 13.1. The van der Waals surface area contributed by atoms with Crippen molar-refractivity contribution in [2.24, 2.45) is 5.73 Å². The van der Waals surface area contributed by atoms with Crippen LogP contribution in [0.4, 0.5) is 0 Å². The standard InChI is InChI=1S/C16H16N2S/c17-10-12-5-7-13(8-6-12)11-19-16-9-14-3-1-2-4-15(14)18-16/h1-9,18H,10-11,17H2. The lowest BCUT2D eigenvalue weighted by Gasteiger charge is -2.01. The predicted octanol–water partition coefficient (Wildman–Crippen LogP) is 3.92. The second-order valence-electron chi connectivity index (χ2n) is 4.53. The van der Waals surface area contributed by atoms with Crippen LogP contribution in [0.1, 0.15) is 11.1 Å². The number of aromatic nitrogens is 1. The number of nitrogens with two attached hydrogens (primary N) is 1. The number of hydrogen-bond acceptors (Lipinski definition) is 2. The Balaban J connectivity index is 1.70. The molecule has 1 aromatic heterocycles. The molecule has 2 aromatic carbocycles. The molecule has 3 rings (SSSR count). The number of para-hydroxylation sites is 1. The fraction of sp³-hybridized carbons (Fsp3) is 0.125. The van der Waals surface area contributed by atoms with Gasteiger partial charge in [-0.2, -0.15) is 0 Å². The molecule has 0 fully saturated rings. The van der Waals surface area contributed by atoms with Gasteiger partial charge in [-0.25, -0.2) is 0 Å². The van der Waals surface area contributed by atoms with Crippen LogP contribution >= 0.6 is 11.8 Å². The van der Waals surface area contributed by atoms with Gasteiger partial charge in [-0.05, 0) is 23.3 Å². The number of fused-ring (bicyclic) bond motifs is 1. The lowest BCUT2D eigenvalue weighted by atomic mass is 10.1. The third-order valence-electron chi connectivity index (χ3n) is 3.16. The van der Waals surface area contributed by atoms with E-state index in [0.29, 0.717) is 6.54 Å². The van der Waals surface area contributed by atoms with Crippen molar-refractivity contribution in [3.63, 3.8) is 0 Å². The Morgan fingerprint density at radius 1 is 0.947 bits per heavy atom. The van der Waals surface area contributed by atoms with E-state index in [1.54, 1.807) is 0 Å². The summed E-state index contributed by atoms with van der Waals surface area (Å²) in [6.07, 6.45) is 0. The summed E-state index contributed by atoms with van der Waals surface area (Å²) in [5, 5.41) is 2.48. The van der Waals surface area contributed by atoms with E-state index >= 15 is 0 Å². The van der Waals surface area contributed by atoms with Crippen molar-refractivity contribution in [2.45, 2.75) is 17.3 Å². The van der Waals surface area contributed by atoms with Crippen LogP contribution in [0.15, 0.2) is 59.6 Å². The van der Waals surface area contributed by atoms with Crippen molar-refractivity contribution in [1.82, 2.24) is 4.98 Å². The molecular weight excluding hydrogens is 252 g/mol. The second-order valence-corrected chi connectivity index (χ2v) is 5.55. The highest BCUT2D eigenvalue weighted by atomic mass is 32.2. The van der Waals surface area contributed by atoms with Crippen molar-refractivity contribution in [2.75, 3.05) is 0 Å². The molecule has 3 N–H and O–H groups in total. The maximum Gasteiger partial charge on any atom is 0.0735 e. The van der Waals surface area contributed by atoms with Gasteiger partial charge in [-0.1, -0.05) is 42.5 Å². The van der Waals surface area contributed by atoms with Gasteiger partial charge in [0.25, 0.3) is 0 Å². The molecule has 0 saturated carbocycles. The Morgan fingerprint density at radius 2 is 1.68 bits per heavy atom. The van der Waals surface area contributed by atoms with Crippen LogP contribution in [-0.2, 0) is 12.3 Å². The van der Waals surface area contributed by atoms with Crippen molar-refractivity contribution >= 4 is 22.7 Å². The van der Waals surface area contributed by atoms with Crippen molar-refractivity contribution in [3.8, 4) is 0 Å². The third kappa shape index (κ3) is 2.83. The third-order valence-corrected chi connectivity index (χ3v) is 4.17. The summed E-state index contributed by atoms with van der Waals surface area (Å²) >= 11 is 1.83. The first-order valence-electron chi connectivity index (χ1n) is 6.33. The van der Waals surface area contributed by atoms with Gasteiger partial charge in [0.05, 0.1) is 5.03 Å². The van der Waals surface area contributed by atoms with Gasteiger partial charge in [0, 0.05) is 23.2 Å². The highest BCUT2D eigenvalue weighted by molar-refractivity contribution is 7.98. The van der Waals surface area contributed by atoms with Crippen molar-refractivity contribution in [3.05, 3.63) is 65.7 Å². The average Bonchev–Trinajstić information content (AvgIpc) is 2.88. The molecule has 0 spiro atoms. The molecule has 0 bridgehead atoms. The summed E-state index contributed by atoms with van der Waals surface area (Å²) in [7, 11) is 0. The van der Waals surface area contributed by atoms with Crippen LogP contribution in [0, 0.1) is 0 Å². The Kier molecular flexibility index (Phi) is 3.58. The molecule has 0 aliphatic carbocycles. The van der Waals surface area contributed by atoms with E-state index in [2.05, 4.69) is 59.6 Å². The first-order chi connectivity index (χ1) is 9.35. The summed E-state index contributed by atoms with van der Waals surface area (Å²) in [6.45, 7) is 0.607. The molecule has 0 aliphatic rings. The Morgan fingerprint density at radius 3 is 2.42 bits per heavy atom. The van der Waals surface area contributed by atoms with Gasteiger partial charge in [-0.3, -0.25) is 0 Å². The van der Waals surface area contributed by atoms with Crippen LogP contribution in [0.5, 0.6) is 0 Å². The predicted molar refractivity (Wildman–Crippen MR) is 82.2 cm³/mol. The molecule has 3 heteroatoms. The van der Waals surface area contributed by atoms with Crippen LogP contribution < -0.4 is 5.73 Å². The van der Waals surface area contributed by atoms with Crippen LogP contribution in [0.3, 0.4) is 0 Å². The highest BCUT2D eigenvalue weighted by Crippen LogP contribution is 2.26. The smallest absolute Gasteiger partial charge is 0.0735 e. The topological polar surface area (TPSA) is 41.8 Å². The van der Waals surface area contributed by atoms with E-state index in [4.69, 9.17) is 5.73 Å². The van der Waals surface area contributed by atoms with Gasteiger partial charge in [0.1, 0.15) is 0 Å². The van der Waals surface area contributed by atoms with Crippen molar-refractivity contribution in [1.29, 1.82) is 0 Å². The van der Waals surface area contributed by atoms with E-state index in [0.717, 1.165) is 5.75 Å². The molecular formula is C16H16N2S. The van der Waals surface area contributed by atoms with Crippen LogP contribution in [0.2, 0.25) is 0 Å². The fourth-order valence-corrected chi connectivity index (χ4v) is 2.96. The number of nitrogens with one attached hydrogen (secondary N) is 1. The van der Waals surface area contributed by atoms with E-state index < -0.39 is 0 Å². The quantitative estimate of drug-likeness (QED) is 0.704. The van der Waals surface area contributed by atoms with Crippen LogP contribution in [-0.4, -0.2) is 4.98 Å². The number of H-pyrrole nitrogens is 1. The molecule has 1 heterocycles. The Bertz CT molecular complexity index is 638. The summed E-state index contributed by atoms with van der Waals surface area (Å²) < 4.78 is 0. The number of hydrogen-bond donors (Lipinski definition) is 2. The van der Waals surface area contributed by atoms with Gasteiger partial charge in [0.15, 0.2) is 0 Å². The first kappa shape index (κ1) is 12.3. The zero-order valence-electron chi connectivity index (χ0n) is 10.6. The number of aromatic amines is 1. The maximum atomic E-state index is 5.60. The van der Waals surface area contributed by atoms with Crippen molar-refractivity contribution < 1.29 is 0 Å². The molecule has 0 aliphatic heterocycles. The number of rotatable bonds is 4. The van der Waals surface area contributed by atoms with Crippen LogP contribution in [0.25, 0.3) is 10.9 Å². The molecule has 0 atom stereocenters. The minimum atomic E-state index is 0.607. The first-order valence-corrected chi connectivity index (χ1v) is 7.32. The summed E-state index contributed by atoms with van der Waals surface area (Å²) in [5.74, 6) is 0.970. The zero-order valence-corrected chi connectivity index (χ0v) is 11.4. The second kappa shape index (κ2) is 5.51. The number of benzene rings is 2. The Hall–Kier alpha value is -1.71. The summed E-state index contributed by atoms with van der Waals surface area (Å²) in [5.41, 5.74) is 9.30. The number of thioether (sulfide) groups is 1. The summed E-state index contributed by atoms with van der Waals surface area (Å²) in [4.78, 5) is 3.43. The minimum absolute atomic E-state index is 0.607. The van der Waals surface area contributed by atoms with Gasteiger partial charge in [-0.15, -0.1) is 11.8 Å². The molecule has 0 amide bonds. The molecule has 2 nitrogen and oxygen atoms in total. The maximum absolute atomic E-state index is 5.60. The highest BCUT2D eigenvalue weighted by Gasteiger charge is 2.01. The van der Waals surface area contributed by atoms with E-state index in [-0.39, 0.29) is 0 Å². The molecule has 0 radical (unpaired) electrons. The minimum Gasteiger partial charge on any atom is -0.350 e. The SMILES string of the molecule is NCc1ccc(CSc2cc3ccccc3[nH]2)cc1. The van der Waals surface area contributed by atoms with Gasteiger partial charge < -0.3 is 10.7 Å². The molecule has 0 unspecified atom stereocenters. The molecule has 96 valence electrons. The van der Waals surface area contributed by atoms with E-state index in [9.17, 15) is 0 Å². The van der Waals surface area contributed by atoms with E-state index in [1.807, 2.05) is 11.8 Å². The lowest BCUT2D eigenvalue weighted by Crippen LogP contribution is -1.95. The Labute approximate surface area is 117 Å². The molecule has 19 heavy (non-hydrogen) atoms. The van der Waals surface area contributed by atoms with Gasteiger partial charge in [0.2, 0.25) is 0 Å². The lowest BCUT2D eigenvalue weighted by molar-refractivity contribution is 1.07. The average molecular weight is 268 g/mol. The normalized spacial score (nSPS) is 11.0. The molecule has 0 saturated heterocycles. The monoisotopic (exact) mass is 268 g/mol. The fourth-order valence-electron chi connectivity index (χ4n) is 2.06. The summed E-state index contributed by atoms with van der Waals surface area (Å²) in [6, 6.07) is 19.1. The van der Waals surface area contributed by atoms with Gasteiger partial charge >= 0.3 is 0 Å². The molecule has 3 aromatic rings. The van der Waals surface area contributed by atoms with E-state index in [1.165, 1.54) is 27.1 Å².